The van der Waals surface area contributed by atoms with Crippen molar-refractivity contribution in [3.8, 4) is 0 Å². The normalized spacial score (nSPS) is 26.8. The summed E-state index contributed by atoms with van der Waals surface area (Å²) in [7, 11) is 0. The summed E-state index contributed by atoms with van der Waals surface area (Å²) in [5.41, 5.74) is -0.359. The molecule has 0 radical (unpaired) electrons. The fourth-order valence-corrected chi connectivity index (χ4v) is 4.93. The number of hydrogen-bond acceptors (Lipinski definition) is 5. The number of carbonyl (C=O) groups excluding carboxylic acids is 4. The summed E-state index contributed by atoms with van der Waals surface area (Å²) in [6.07, 6.45) is 4.05. The minimum absolute atomic E-state index is 0.00697. The van der Waals surface area contributed by atoms with Gasteiger partial charge in [-0.3, -0.25) is 19.3 Å². The van der Waals surface area contributed by atoms with Gasteiger partial charge in [-0.2, -0.15) is 0 Å². The maximum atomic E-state index is 13.1. The molecule has 3 atom stereocenters. The monoisotopic (exact) mass is 427 g/mol. The predicted molar refractivity (Wildman–Crippen MR) is 112 cm³/mol. The summed E-state index contributed by atoms with van der Waals surface area (Å²) in [5, 5.41) is 2.83. The van der Waals surface area contributed by atoms with Gasteiger partial charge in [-0.05, 0) is 31.6 Å². The highest BCUT2D eigenvalue weighted by molar-refractivity contribution is 6.09. The lowest BCUT2D eigenvalue weighted by Gasteiger charge is -2.36. The van der Waals surface area contributed by atoms with E-state index in [4.69, 9.17) is 4.74 Å². The van der Waals surface area contributed by atoms with Crippen molar-refractivity contribution in [3.63, 3.8) is 0 Å². The van der Waals surface area contributed by atoms with E-state index in [1.807, 2.05) is 13.0 Å². The van der Waals surface area contributed by atoms with Crippen molar-refractivity contribution in [2.75, 3.05) is 19.6 Å². The Morgan fingerprint density at radius 3 is 2.52 bits per heavy atom. The summed E-state index contributed by atoms with van der Waals surface area (Å²) in [4.78, 5) is 54.1. The van der Waals surface area contributed by atoms with Crippen LogP contribution in [0.4, 0.5) is 4.79 Å². The van der Waals surface area contributed by atoms with E-state index in [9.17, 15) is 19.2 Å². The van der Waals surface area contributed by atoms with Crippen LogP contribution < -0.4 is 5.32 Å². The standard InChI is InChI=1S/C23H29N3O5/c1-16-9-5-6-12-23(16)21(29)26(22(30)24-23)15-18(27)31-19(17-10-3-2-4-11-17)20(28)25-13-7-8-14-25/h2-4,10-11,16,19H,5-9,12-15H2,1H3,(H,24,30)/t16-,19-,23+/m0/s1. The molecule has 2 heterocycles. The van der Waals surface area contributed by atoms with Gasteiger partial charge in [0.1, 0.15) is 12.1 Å². The fourth-order valence-electron chi connectivity index (χ4n) is 4.93. The van der Waals surface area contributed by atoms with E-state index in [-0.39, 0.29) is 17.7 Å². The molecule has 2 saturated heterocycles. The average Bonchev–Trinajstić information content (AvgIpc) is 3.38. The maximum Gasteiger partial charge on any atom is 0.327 e. The quantitative estimate of drug-likeness (QED) is 0.575. The molecule has 0 unspecified atom stereocenters. The second-order valence-electron chi connectivity index (χ2n) is 8.75. The van der Waals surface area contributed by atoms with Gasteiger partial charge in [0, 0.05) is 18.7 Å². The van der Waals surface area contributed by atoms with Gasteiger partial charge in [0.15, 0.2) is 0 Å². The SMILES string of the molecule is C[C@H]1CCCC[C@@]12NC(=O)N(CC(=O)O[C@H](C(=O)N1CCCC1)c1ccccc1)C2=O. The molecule has 1 N–H and O–H groups in total. The fraction of sp³-hybridized carbons (Fsp3) is 0.565. The molecule has 4 amide bonds. The number of likely N-dealkylation sites (tertiary alicyclic amines) is 1. The Kier molecular flexibility index (Phi) is 5.98. The number of rotatable bonds is 5. The zero-order chi connectivity index (χ0) is 22.0. The van der Waals surface area contributed by atoms with Crippen molar-refractivity contribution in [1.82, 2.24) is 15.1 Å². The second kappa shape index (κ2) is 8.69. The number of benzene rings is 1. The summed E-state index contributed by atoms with van der Waals surface area (Å²) in [6, 6.07) is 8.27. The van der Waals surface area contributed by atoms with E-state index in [1.165, 1.54) is 0 Å². The Bertz CT molecular complexity index is 867. The van der Waals surface area contributed by atoms with Crippen molar-refractivity contribution < 1.29 is 23.9 Å². The molecular formula is C23H29N3O5. The number of esters is 1. The highest BCUT2D eigenvalue weighted by atomic mass is 16.5. The first kappa shape index (κ1) is 21.3. The lowest BCUT2D eigenvalue weighted by atomic mass is 9.73. The molecule has 166 valence electrons. The topological polar surface area (TPSA) is 96.0 Å². The molecule has 0 bridgehead atoms. The third-order valence-electron chi connectivity index (χ3n) is 6.78. The summed E-state index contributed by atoms with van der Waals surface area (Å²) >= 11 is 0. The minimum atomic E-state index is -1.09. The zero-order valence-electron chi connectivity index (χ0n) is 17.8. The highest BCUT2D eigenvalue weighted by Gasteiger charge is 2.55. The van der Waals surface area contributed by atoms with Gasteiger partial charge in [0.25, 0.3) is 11.8 Å². The van der Waals surface area contributed by atoms with Gasteiger partial charge in [-0.15, -0.1) is 0 Å². The van der Waals surface area contributed by atoms with Crippen LogP contribution in [-0.2, 0) is 19.1 Å². The summed E-state index contributed by atoms with van der Waals surface area (Å²) in [6.45, 7) is 2.72. The minimum Gasteiger partial charge on any atom is -0.446 e. The molecule has 1 aliphatic carbocycles. The second-order valence-corrected chi connectivity index (χ2v) is 8.75. The Morgan fingerprint density at radius 2 is 1.84 bits per heavy atom. The summed E-state index contributed by atoms with van der Waals surface area (Å²) in [5.74, 6) is -1.41. The van der Waals surface area contributed by atoms with E-state index in [0.717, 1.165) is 37.0 Å². The molecule has 1 aromatic rings. The van der Waals surface area contributed by atoms with Gasteiger partial charge in [-0.25, -0.2) is 4.79 Å². The number of carbonyl (C=O) groups is 4. The van der Waals surface area contributed by atoms with Gasteiger partial charge >= 0.3 is 12.0 Å². The molecule has 2 aliphatic heterocycles. The average molecular weight is 428 g/mol. The van der Waals surface area contributed by atoms with Crippen LogP contribution in [0, 0.1) is 5.92 Å². The lowest BCUT2D eigenvalue weighted by molar-refractivity contribution is -0.162. The van der Waals surface area contributed by atoms with Crippen molar-refractivity contribution in [3.05, 3.63) is 35.9 Å². The van der Waals surface area contributed by atoms with E-state index >= 15 is 0 Å². The molecule has 31 heavy (non-hydrogen) atoms. The number of amides is 4. The van der Waals surface area contributed by atoms with Crippen LogP contribution in [0.3, 0.4) is 0 Å². The van der Waals surface area contributed by atoms with Gasteiger partial charge in [0.2, 0.25) is 6.10 Å². The van der Waals surface area contributed by atoms with Crippen LogP contribution in [0.5, 0.6) is 0 Å². The Hall–Kier alpha value is -2.90. The Labute approximate surface area is 181 Å². The van der Waals surface area contributed by atoms with E-state index in [1.54, 1.807) is 29.2 Å². The first-order chi connectivity index (χ1) is 14.9. The number of urea groups is 1. The molecule has 1 spiro atoms. The molecule has 8 heteroatoms. The van der Waals surface area contributed by atoms with Gasteiger partial charge in [0.05, 0.1) is 0 Å². The molecular weight excluding hydrogens is 398 g/mol. The van der Waals surface area contributed by atoms with Gasteiger partial charge < -0.3 is 15.0 Å². The first-order valence-corrected chi connectivity index (χ1v) is 11.1. The zero-order valence-corrected chi connectivity index (χ0v) is 17.8. The largest absolute Gasteiger partial charge is 0.446 e. The van der Waals surface area contributed by atoms with Crippen molar-refractivity contribution in [1.29, 1.82) is 0 Å². The van der Waals surface area contributed by atoms with Crippen molar-refractivity contribution in [2.45, 2.75) is 57.1 Å². The van der Waals surface area contributed by atoms with Crippen molar-refractivity contribution in [2.24, 2.45) is 5.92 Å². The highest BCUT2D eigenvalue weighted by Crippen LogP contribution is 2.38. The van der Waals surface area contributed by atoms with Crippen LogP contribution in [0.2, 0.25) is 0 Å². The van der Waals surface area contributed by atoms with E-state index < -0.39 is 30.2 Å². The van der Waals surface area contributed by atoms with E-state index in [0.29, 0.717) is 25.1 Å². The Morgan fingerprint density at radius 1 is 1.13 bits per heavy atom. The third kappa shape index (κ3) is 4.03. The first-order valence-electron chi connectivity index (χ1n) is 11.1. The number of imide groups is 1. The van der Waals surface area contributed by atoms with Gasteiger partial charge in [-0.1, -0.05) is 50.1 Å². The number of nitrogens with zero attached hydrogens (tertiary/aromatic N) is 2. The van der Waals surface area contributed by atoms with E-state index in [2.05, 4.69) is 5.32 Å². The number of nitrogens with one attached hydrogen (secondary N) is 1. The molecule has 1 aromatic carbocycles. The van der Waals surface area contributed by atoms with Crippen LogP contribution in [0.15, 0.2) is 30.3 Å². The lowest BCUT2D eigenvalue weighted by Crippen LogP contribution is -2.54. The van der Waals surface area contributed by atoms with Crippen LogP contribution >= 0.6 is 0 Å². The van der Waals surface area contributed by atoms with Crippen LogP contribution in [-0.4, -0.2) is 58.8 Å². The molecule has 3 fully saturated rings. The number of ether oxygens (including phenoxy) is 1. The number of hydrogen-bond donors (Lipinski definition) is 1. The van der Waals surface area contributed by atoms with Crippen LogP contribution in [0.1, 0.15) is 57.1 Å². The maximum absolute atomic E-state index is 13.1. The van der Waals surface area contributed by atoms with Crippen molar-refractivity contribution >= 4 is 23.8 Å². The molecule has 4 rings (SSSR count). The Balaban J connectivity index is 1.48. The molecule has 0 aromatic heterocycles. The predicted octanol–water partition coefficient (Wildman–Crippen LogP) is 2.39. The van der Waals surface area contributed by atoms with Crippen LogP contribution in [0.25, 0.3) is 0 Å². The molecule has 3 aliphatic rings. The summed E-state index contributed by atoms with van der Waals surface area (Å²) < 4.78 is 5.57. The molecule has 1 saturated carbocycles. The third-order valence-corrected chi connectivity index (χ3v) is 6.78. The molecule has 8 nitrogen and oxygen atoms in total. The smallest absolute Gasteiger partial charge is 0.327 e.